The number of carbonyl (C=O) groups is 4. The monoisotopic (exact) mass is 1320 g/mol. The molecule has 0 aromatic rings. The van der Waals surface area contributed by atoms with Crippen LogP contribution in [-0.2, 0) is 71.3 Å². The van der Waals surface area contributed by atoms with Crippen molar-refractivity contribution in [3.8, 4) is 0 Å². The number of ether oxygens (including phenoxy) is 11. The molecule has 4 saturated carbocycles. The zero-order chi connectivity index (χ0) is 68.2. The number of hydrogen-bond acceptors (Lipinski definition) is 28. The molecule has 0 spiro atoms. The molecule has 5 aliphatic carbocycles. The molecule has 524 valence electrons. The van der Waals surface area contributed by atoms with Crippen molar-refractivity contribution in [1.29, 1.82) is 0 Å². The molecule has 32 atom stereocenters. The van der Waals surface area contributed by atoms with Crippen molar-refractivity contribution < 1.29 is 143 Å². The fourth-order valence-electron chi connectivity index (χ4n) is 18.1. The zero-order valence-corrected chi connectivity index (χ0v) is 54.1. The number of esters is 3. The molecule has 92 heavy (non-hydrogen) atoms. The third kappa shape index (κ3) is 11.9. The Labute approximate surface area is 533 Å². The first kappa shape index (κ1) is 72.8. The van der Waals surface area contributed by atoms with E-state index in [1.165, 1.54) is 19.9 Å². The Hall–Kier alpha value is -3.48. The van der Waals surface area contributed by atoms with Gasteiger partial charge in [0.25, 0.3) is 0 Å². The van der Waals surface area contributed by atoms with E-state index in [0.29, 0.717) is 25.7 Å². The Balaban J connectivity index is 1.05. The number of carboxylic acid groups (broad SMARTS) is 1. The maximum atomic E-state index is 14.2. The van der Waals surface area contributed by atoms with Crippen molar-refractivity contribution in [3.63, 3.8) is 0 Å². The molecule has 8 fully saturated rings. The second-order valence-corrected chi connectivity index (χ2v) is 29.1. The van der Waals surface area contributed by atoms with Gasteiger partial charge in [-0.3, -0.25) is 9.59 Å². The normalized spacial score (nSPS) is 49.9. The van der Waals surface area contributed by atoms with Crippen molar-refractivity contribution in [1.82, 2.24) is 0 Å². The Morgan fingerprint density at radius 1 is 0.587 bits per heavy atom. The fourth-order valence-corrected chi connectivity index (χ4v) is 18.1. The first-order valence-corrected chi connectivity index (χ1v) is 31.9. The summed E-state index contributed by atoms with van der Waals surface area (Å²) in [5, 5.41) is 158. The van der Waals surface area contributed by atoms with Crippen molar-refractivity contribution in [3.05, 3.63) is 23.3 Å². The summed E-state index contributed by atoms with van der Waals surface area (Å²) < 4.78 is 67.2. The van der Waals surface area contributed by atoms with Gasteiger partial charge in [-0.2, -0.15) is 0 Å². The lowest BCUT2D eigenvalue weighted by molar-refractivity contribution is -0.396. The van der Waals surface area contributed by atoms with E-state index in [1.54, 1.807) is 6.92 Å². The van der Waals surface area contributed by atoms with Crippen LogP contribution in [0.2, 0.25) is 0 Å². The van der Waals surface area contributed by atoms with Gasteiger partial charge in [0.1, 0.15) is 85.5 Å². The predicted molar refractivity (Wildman–Crippen MR) is 310 cm³/mol. The summed E-state index contributed by atoms with van der Waals surface area (Å²) in [6, 6.07) is 0. The SMILES string of the molecule is C/C=C(/C)C(=O)O[C@H]1[C@H](O[C@@H]2O[C@@H](C)[C@H](OC(C)=O)[C@@H](O)[C@H]2OC(C)=O)C(C)(C)C[C@H]2C3=CC[C@@H]4[C@@]5(C)CC[C@H](O[C@@H]6O[C@H](C(=O)O)[C@@H](O)[C@H](O[C@@H]7O[C@H](CO)[C@H](O)[C@H](O)[C@H]7O)[C@H]6O[C@@H]6O[C@H](CO)[C@@H](O)[C@H](O)[C@H]6O)C(C)(C)[C@@H]5CC[C@@]4(C)[C@]3(C)[C@@H](O)[C@@H](O)[C@]21CO. The molecule has 0 bridgehead atoms. The minimum absolute atomic E-state index is 0.157. The van der Waals surface area contributed by atoms with Gasteiger partial charge in [0.05, 0.1) is 49.7 Å². The van der Waals surface area contributed by atoms with Crippen molar-refractivity contribution in [2.45, 2.75) is 275 Å². The molecule has 4 heterocycles. The first-order chi connectivity index (χ1) is 42.9. The molecule has 4 saturated heterocycles. The fraction of sp³-hybridized carbons (Fsp3) is 0.873. The Morgan fingerprint density at radius 2 is 1.14 bits per heavy atom. The number of rotatable bonds is 16. The van der Waals surface area contributed by atoms with E-state index >= 15 is 0 Å². The topological polar surface area (TPSA) is 453 Å². The maximum absolute atomic E-state index is 14.2. The van der Waals surface area contributed by atoms with Gasteiger partial charge in [-0.1, -0.05) is 66.2 Å². The van der Waals surface area contributed by atoms with E-state index in [-0.39, 0.29) is 30.3 Å². The lowest BCUT2D eigenvalue weighted by atomic mass is 9.32. The molecular formula is C63H98O29. The number of aliphatic hydroxyl groups is 13. The molecule has 0 radical (unpaired) electrons. The van der Waals surface area contributed by atoms with Crippen molar-refractivity contribution in [2.75, 3.05) is 19.8 Å². The number of allylic oxidation sites excluding steroid dienone is 2. The summed E-state index contributed by atoms with van der Waals surface area (Å²) in [6.07, 6.45) is -37.7. The minimum atomic E-state index is -2.23. The predicted octanol–water partition coefficient (Wildman–Crippen LogP) is -1.90. The van der Waals surface area contributed by atoms with Crippen LogP contribution in [0.5, 0.6) is 0 Å². The van der Waals surface area contributed by atoms with Gasteiger partial charge in [0.15, 0.2) is 43.5 Å². The molecule has 29 nitrogen and oxygen atoms in total. The van der Waals surface area contributed by atoms with Gasteiger partial charge in [-0.25, -0.2) is 9.59 Å². The van der Waals surface area contributed by atoms with E-state index in [2.05, 4.69) is 19.9 Å². The zero-order valence-electron chi connectivity index (χ0n) is 54.1. The van der Waals surface area contributed by atoms with E-state index in [0.717, 1.165) is 19.4 Å². The second-order valence-electron chi connectivity index (χ2n) is 29.1. The standard InChI is InChI=1S/C63H98O29/c1-13-24(2)53(81)91-51-50(92-56-46(84-27(5)68)41(75)43(25(3)82-56)83-26(4)67)58(6,7)20-29-28-14-15-33-60(10)18-17-34(59(8,9)32(60)16-19-61(33,11)62(28,12)48(77)49(78)63(29,51)23-66)87-57-47(90-55-40(74)38(72)36(70)31(22-65)86-55)44(42(76)45(89-57)52(79)80)88-54-39(73)37(71)35(69)30(21-64)85-54/h13-14,25,29-51,54-57,64-66,69-78H,15-23H2,1-12H3,(H,79,80)/b24-13-/t25-,29-,30+,31+,32-,33+,34-,35-,36+,37-,38-,39+,40+,41+,42-,43-,44-,45-,46+,47+,48-,49+,50-,51-,54-,55-,56-,57+,60-,61+,62-,63-/m0/s1. The molecule has 4 aliphatic heterocycles. The summed E-state index contributed by atoms with van der Waals surface area (Å²) in [6.45, 7) is 18.2. The molecule has 14 N–H and O–H groups in total. The van der Waals surface area contributed by atoms with Crippen LogP contribution < -0.4 is 0 Å². The number of carbonyl (C=O) groups excluding carboxylic acids is 3. The molecule has 0 unspecified atom stereocenters. The van der Waals surface area contributed by atoms with Crippen molar-refractivity contribution in [2.24, 2.45) is 50.2 Å². The second kappa shape index (κ2) is 26.7. The van der Waals surface area contributed by atoms with Crippen LogP contribution in [-0.4, -0.2) is 269 Å². The van der Waals surface area contributed by atoms with Gasteiger partial charge in [-0.05, 0) is 98.7 Å². The summed E-state index contributed by atoms with van der Waals surface area (Å²) in [5.41, 5.74) is -5.61. The van der Waals surface area contributed by atoms with Gasteiger partial charge in [0, 0.05) is 24.8 Å². The van der Waals surface area contributed by atoms with Crippen LogP contribution in [0.25, 0.3) is 0 Å². The number of carboxylic acids is 1. The van der Waals surface area contributed by atoms with Gasteiger partial charge < -0.3 is 124 Å². The van der Waals surface area contributed by atoms with Crippen LogP contribution in [0.15, 0.2) is 23.3 Å². The first-order valence-electron chi connectivity index (χ1n) is 31.9. The van der Waals surface area contributed by atoms with Crippen LogP contribution in [0.4, 0.5) is 0 Å². The molecule has 9 aliphatic rings. The molecular weight excluding hydrogens is 1220 g/mol. The largest absolute Gasteiger partial charge is 0.479 e. The molecule has 29 heteroatoms. The quantitative estimate of drug-likeness (QED) is 0.0264. The van der Waals surface area contributed by atoms with Gasteiger partial charge in [0.2, 0.25) is 0 Å². The summed E-state index contributed by atoms with van der Waals surface area (Å²) in [4.78, 5) is 52.1. The highest BCUT2D eigenvalue weighted by molar-refractivity contribution is 5.87. The highest BCUT2D eigenvalue weighted by Gasteiger charge is 2.77. The Kier molecular flexibility index (Phi) is 21.2. The number of hydrogen-bond donors (Lipinski definition) is 14. The maximum Gasteiger partial charge on any atom is 0.335 e. The third-order valence-corrected chi connectivity index (χ3v) is 23.4. The van der Waals surface area contributed by atoms with Crippen LogP contribution in [0, 0.1) is 50.2 Å². The van der Waals surface area contributed by atoms with Crippen LogP contribution in [0.1, 0.15) is 122 Å². The molecule has 0 aromatic heterocycles. The van der Waals surface area contributed by atoms with E-state index in [9.17, 15) is 90.7 Å². The smallest absolute Gasteiger partial charge is 0.335 e. The molecule has 9 rings (SSSR count). The van der Waals surface area contributed by atoms with Crippen LogP contribution in [0.3, 0.4) is 0 Å². The Morgan fingerprint density at radius 3 is 1.67 bits per heavy atom. The third-order valence-electron chi connectivity index (χ3n) is 23.4. The minimum Gasteiger partial charge on any atom is -0.479 e. The van der Waals surface area contributed by atoms with Gasteiger partial charge >= 0.3 is 23.9 Å². The number of aliphatic carboxylic acids is 1. The highest BCUT2D eigenvalue weighted by atomic mass is 16.8. The highest BCUT2D eigenvalue weighted by Crippen LogP contribution is 2.76. The van der Waals surface area contributed by atoms with Gasteiger partial charge in [-0.15, -0.1) is 0 Å². The summed E-state index contributed by atoms with van der Waals surface area (Å²) in [5.74, 6) is -5.40. The molecule has 0 aromatic carbocycles. The van der Waals surface area contributed by atoms with Crippen LogP contribution >= 0.6 is 0 Å². The number of fused-ring (bicyclic) bond motifs is 7. The Bertz CT molecular complexity index is 2740. The van der Waals surface area contributed by atoms with E-state index in [4.69, 9.17) is 52.1 Å². The average molecular weight is 1320 g/mol. The van der Waals surface area contributed by atoms with E-state index < -0.39 is 235 Å². The lowest BCUT2D eigenvalue weighted by Gasteiger charge is -2.73. The summed E-state index contributed by atoms with van der Waals surface area (Å²) >= 11 is 0. The summed E-state index contributed by atoms with van der Waals surface area (Å²) in [7, 11) is 0. The van der Waals surface area contributed by atoms with Crippen molar-refractivity contribution >= 4 is 23.9 Å². The molecule has 0 amide bonds. The average Bonchev–Trinajstić information content (AvgIpc) is 0.663. The number of aliphatic hydroxyl groups excluding tert-OH is 13. The lowest BCUT2D eigenvalue weighted by Crippen LogP contribution is -2.77. The van der Waals surface area contributed by atoms with E-state index in [1.807, 2.05) is 34.6 Å².